The lowest BCUT2D eigenvalue weighted by Crippen LogP contribution is -2.26. The summed E-state index contributed by atoms with van der Waals surface area (Å²) in [4.78, 5) is 33.9. The second-order valence-corrected chi connectivity index (χ2v) is 10.00. The molecule has 10 heteroatoms. The van der Waals surface area contributed by atoms with Crippen LogP contribution in [0.4, 0.5) is 5.95 Å². The molecule has 5 rings (SSSR count). The molecule has 0 aliphatic carbocycles. The van der Waals surface area contributed by atoms with Gasteiger partial charge < -0.3 is 15.0 Å². The summed E-state index contributed by atoms with van der Waals surface area (Å²) in [5.74, 6) is 0.498. The smallest absolute Gasteiger partial charge is 0.260 e. The molecule has 9 nitrogen and oxygen atoms in total. The highest BCUT2D eigenvalue weighted by molar-refractivity contribution is 6.33. The zero-order valence-corrected chi connectivity index (χ0v) is 22.0. The van der Waals surface area contributed by atoms with Crippen LogP contribution in [0.5, 0.6) is 0 Å². The first-order chi connectivity index (χ1) is 17.9. The van der Waals surface area contributed by atoms with E-state index < -0.39 is 0 Å². The van der Waals surface area contributed by atoms with E-state index in [1.54, 1.807) is 23.2 Å². The first kappa shape index (κ1) is 25.3. The highest BCUT2D eigenvalue weighted by Crippen LogP contribution is 2.31. The lowest BCUT2D eigenvalue weighted by molar-refractivity contribution is 0.195. The quantitative estimate of drug-likeness (QED) is 0.372. The summed E-state index contributed by atoms with van der Waals surface area (Å²) in [6.07, 6.45) is 6.87. The Labute approximate surface area is 220 Å². The third-order valence-corrected chi connectivity index (χ3v) is 6.70. The monoisotopic (exact) mass is 519 g/mol. The van der Waals surface area contributed by atoms with Crippen LogP contribution in [0, 0.1) is 6.92 Å². The highest BCUT2D eigenvalue weighted by atomic mass is 35.5. The van der Waals surface area contributed by atoms with Crippen molar-refractivity contribution in [2.24, 2.45) is 0 Å². The number of benzene rings is 1. The number of nitrogens with one attached hydrogen (secondary N) is 1. The van der Waals surface area contributed by atoms with Gasteiger partial charge >= 0.3 is 0 Å². The van der Waals surface area contributed by atoms with E-state index in [0.717, 1.165) is 48.3 Å². The number of pyridine rings is 1. The van der Waals surface area contributed by atoms with Gasteiger partial charge in [0.25, 0.3) is 5.56 Å². The number of hydrogen-bond donors (Lipinski definition) is 1. The molecule has 1 unspecified atom stereocenters. The second-order valence-electron chi connectivity index (χ2n) is 9.59. The number of anilines is 1. The Balaban J connectivity index is 1.57. The average molecular weight is 520 g/mol. The molecule has 1 aliphatic heterocycles. The topological polar surface area (TPSA) is 98.1 Å². The molecule has 0 amide bonds. The second kappa shape index (κ2) is 10.9. The van der Waals surface area contributed by atoms with Crippen LogP contribution in [0.3, 0.4) is 0 Å². The number of fused-ring (bicyclic) bond motifs is 1. The van der Waals surface area contributed by atoms with Crippen molar-refractivity contribution >= 4 is 28.6 Å². The molecule has 3 aromatic heterocycles. The molecular weight excluding hydrogens is 490 g/mol. The molecule has 192 valence electrons. The predicted molar refractivity (Wildman–Crippen MR) is 146 cm³/mol. The van der Waals surface area contributed by atoms with E-state index in [1.165, 1.54) is 0 Å². The zero-order valence-electron chi connectivity index (χ0n) is 21.2. The summed E-state index contributed by atoms with van der Waals surface area (Å²) in [7, 11) is 4.04. The molecule has 37 heavy (non-hydrogen) atoms. The average Bonchev–Trinajstić information content (AvgIpc) is 3.38. The van der Waals surface area contributed by atoms with Gasteiger partial charge in [0.2, 0.25) is 5.95 Å². The summed E-state index contributed by atoms with van der Waals surface area (Å²) < 4.78 is 7.19. The van der Waals surface area contributed by atoms with Crippen LogP contribution in [-0.2, 0) is 11.3 Å². The van der Waals surface area contributed by atoms with E-state index in [1.807, 2.05) is 45.3 Å². The molecule has 1 saturated heterocycles. The number of halogens is 1. The molecule has 1 aromatic carbocycles. The highest BCUT2D eigenvalue weighted by Gasteiger charge is 2.19. The van der Waals surface area contributed by atoms with Crippen LogP contribution in [0.2, 0.25) is 5.02 Å². The third-order valence-electron chi connectivity index (χ3n) is 6.39. The molecule has 4 heterocycles. The number of aryl methyl sites for hydroxylation is 2. The number of nitrogens with zero attached hydrogens (tertiary/aromatic N) is 6. The minimum Gasteiger partial charge on any atom is -0.379 e. The SMILES string of the molecule is Cc1cncc(-c2ccc(-c3cc4cnc(NC5CCOC5)nc4n(CCCN(C)C)c3=O)c(Cl)c2)n1. The lowest BCUT2D eigenvalue weighted by Gasteiger charge is -2.16. The van der Waals surface area contributed by atoms with Crippen molar-refractivity contribution in [2.75, 3.05) is 39.2 Å². The van der Waals surface area contributed by atoms with Crippen LogP contribution in [-0.4, -0.2) is 69.3 Å². The van der Waals surface area contributed by atoms with Crippen LogP contribution < -0.4 is 10.9 Å². The zero-order chi connectivity index (χ0) is 25.9. The Morgan fingerprint density at radius 3 is 2.76 bits per heavy atom. The standard InChI is InChI=1S/C27H30ClN7O2/c1-17-13-29-15-24(31-17)18-5-6-21(23(28)12-18)22-11-19-14-30-27(32-20-7-10-37-16-20)33-25(19)35(26(22)36)9-4-8-34(2)3/h5-6,11-15,20H,4,7-10,16H2,1-3H3,(H,30,32,33). The van der Waals surface area contributed by atoms with Gasteiger partial charge in [-0.2, -0.15) is 4.98 Å². The van der Waals surface area contributed by atoms with Gasteiger partial charge in [-0.05, 0) is 52.5 Å². The maximum absolute atomic E-state index is 13.8. The van der Waals surface area contributed by atoms with E-state index in [9.17, 15) is 4.79 Å². The molecule has 0 bridgehead atoms. The normalized spacial score (nSPS) is 15.5. The lowest BCUT2D eigenvalue weighted by atomic mass is 10.0. The molecule has 1 N–H and O–H groups in total. The fraction of sp³-hybridized carbons (Fsp3) is 0.370. The molecule has 4 aromatic rings. The largest absolute Gasteiger partial charge is 0.379 e. The van der Waals surface area contributed by atoms with Crippen molar-refractivity contribution in [1.82, 2.24) is 29.4 Å². The Kier molecular flexibility index (Phi) is 7.45. The van der Waals surface area contributed by atoms with E-state index in [0.29, 0.717) is 40.9 Å². The Hall–Kier alpha value is -3.40. The van der Waals surface area contributed by atoms with Crippen molar-refractivity contribution in [2.45, 2.75) is 32.4 Å². The van der Waals surface area contributed by atoms with Crippen molar-refractivity contribution < 1.29 is 4.74 Å². The first-order valence-corrected chi connectivity index (χ1v) is 12.8. The maximum atomic E-state index is 13.8. The van der Waals surface area contributed by atoms with Gasteiger partial charge in [-0.15, -0.1) is 0 Å². The Morgan fingerprint density at radius 1 is 1.16 bits per heavy atom. The summed E-state index contributed by atoms with van der Waals surface area (Å²) in [5.41, 5.74) is 4.03. The van der Waals surface area contributed by atoms with Crippen LogP contribution in [0.1, 0.15) is 18.5 Å². The third kappa shape index (κ3) is 5.64. The summed E-state index contributed by atoms with van der Waals surface area (Å²) in [6.45, 7) is 4.61. The number of ether oxygens (including phenoxy) is 1. The first-order valence-electron chi connectivity index (χ1n) is 12.4. The van der Waals surface area contributed by atoms with Crippen molar-refractivity contribution in [3.8, 4) is 22.4 Å². The van der Waals surface area contributed by atoms with E-state index in [4.69, 9.17) is 21.3 Å². The molecule has 0 spiro atoms. The summed E-state index contributed by atoms with van der Waals surface area (Å²) in [5, 5.41) is 4.58. The molecular formula is C27H30ClN7O2. The predicted octanol–water partition coefficient (Wildman–Crippen LogP) is 4.03. The number of rotatable bonds is 8. The van der Waals surface area contributed by atoms with Gasteiger partial charge in [0.15, 0.2) is 0 Å². The minimum absolute atomic E-state index is 0.134. The van der Waals surface area contributed by atoms with Crippen molar-refractivity contribution in [3.05, 3.63) is 63.9 Å². The van der Waals surface area contributed by atoms with Crippen molar-refractivity contribution in [3.63, 3.8) is 0 Å². The Morgan fingerprint density at radius 2 is 2.03 bits per heavy atom. The van der Waals surface area contributed by atoms with Gasteiger partial charge in [0.1, 0.15) is 5.65 Å². The van der Waals surface area contributed by atoms with Crippen LogP contribution in [0.15, 0.2) is 47.7 Å². The fourth-order valence-corrected chi connectivity index (χ4v) is 4.78. The van der Waals surface area contributed by atoms with Crippen LogP contribution in [0.25, 0.3) is 33.4 Å². The van der Waals surface area contributed by atoms with Gasteiger partial charge in [-0.25, -0.2) is 9.97 Å². The van der Waals surface area contributed by atoms with E-state index in [-0.39, 0.29) is 11.6 Å². The van der Waals surface area contributed by atoms with E-state index in [2.05, 4.69) is 25.2 Å². The van der Waals surface area contributed by atoms with Crippen LogP contribution >= 0.6 is 11.6 Å². The van der Waals surface area contributed by atoms with Gasteiger partial charge in [0.05, 0.1) is 30.2 Å². The van der Waals surface area contributed by atoms with Gasteiger partial charge in [-0.3, -0.25) is 14.3 Å². The Bertz CT molecular complexity index is 1480. The number of hydrogen-bond acceptors (Lipinski definition) is 8. The molecule has 1 fully saturated rings. The summed E-state index contributed by atoms with van der Waals surface area (Å²) >= 11 is 6.74. The number of aromatic nitrogens is 5. The minimum atomic E-state index is -0.134. The maximum Gasteiger partial charge on any atom is 0.260 e. The molecule has 0 radical (unpaired) electrons. The van der Waals surface area contributed by atoms with Gasteiger partial charge in [-0.1, -0.05) is 23.7 Å². The molecule has 1 atom stereocenters. The van der Waals surface area contributed by atoms with Crippen molar-refractivity contribution in [1.29, 1.82) is 0 Å². The molecule has 0 saturated carbocycles. The fourth-order valence-electron chi connectivity index (χ4n) is 4.50. The van der Waals surface area contributed by atoms with E-state index >= 15 is 0 Å². The summed E-state index contributed by atoms with van der Waals surface area (Å²) in [6, 6.07) is 7.60. The molecule has 1 aliphatic rings. The van der Waals surface area contributed by atoms with Gasteiger partial charge in [0, 0.05) is 52.6 Å².